The van der Waals surface area contributed by atoms with E-state index in [9.17, 15) is 14.3 Å². The SMILES string of the molecule is CN1CCN(c2ccc(-c3n[nH]c4cc(=O)n(-c5c(O)cccc5F)nc34)cn2)CC1. The molecule has 0 radical (unpaired) electrons. The molecule has 158 valence electrons. The molecule has 3 aromatic heterocycles. The molecule has 4 heterocycles. The van der Waals surface area contributed by atoms with E-state index in [-0.39, 0.29) is 11.4 Å². The van der Waals surface area contributed by atoms with Crippen molar-refractivity contribution in [2.24, 2.45) is 0 Å². The van der Waals surface area contributed by atoms with Crippen LogP contribution in [-0.4, -0.2) is 68.2 Å². The Labute approximate surface area is 176 Å². The molecule has 1 saturated heterocycles. The number of aromatic hydroxyl groups is 1. The predicted molar refractivity (Wildman–Crippen MR) is 114 cm³/mol. The number of benzene rings is 1. The van der Waals surface area contributed by atoms with Crippen molar-refractivity contribution in [3.05, 3.63) is 58.8 Å². The molecule has 0 spiro atoms. The fraction of sp³-hybridized carbons (Fsp3) is 0.238. The van der Waals surface area contributed by atoms with E-state index in [0.29, 0.717) is 22.3 Å². The van der Waals surface area contributed by atoms with Crippen molar-refractivity contribution in [3.8, 4) is 22.7 Å². The Kier molecular flexibility index (Phi) is 4.63. The molecule has 4 aromatic rings. The monoisotopic (exact) mass is 421 g/mol. The fourth-order valence-corrected chi connectivity index (χ4v) is 3.71. The van der Waals surface area contributed by atoms with Crippen LogP contribution in [0.1, 0.15) is 0 Å². The van der Waals surface area contributed by atoms with Gasteiger partial charge in [0.15, 0.2) is 5.82 Å². The minimum Gasteiger partial charge on any atom is -0.506 e. The first-order chi connectivity index (χ1) is 15.0. The normalized spacial score (nSPS) is 15.0. The van der Waals surface area contributed by atoms with E-state index in [1.54, 1.807) is 6.20 Å². The van der Waals surface area contributed by atoms with Gasteiger partial charge in [0.1, 0.15) is 28.5 Å². The summed E-state index contributed by atoms with van der Waals surface area (Å²) >= 11 is 0. The maximum Gasteiger partial charge on any atom is 0.273 e. The molecule has 1 aliphatic rings. The van der Waals surface area contributed by atoms with Crippen molar-refractivity contribution >= 4 is 16.9 Å². The largest absolute Gasteiger partial charge is 0.506 e. The zero-order valence-corrected chi connectivity index (χ0v) is 16.8. The lowest BCUT2D eigenvalue weighted by molar-refractivity contribution is 0.312. The number of para-hydroxylation sites is 1. The Morgan fingerprint density at radius 3 is 2.65 bits per heavy atom. The summed E-state index contributed by atoms with van der Waals surface area (Å²) in [6.45, 7) is 3.79. The van der Waals surface area contributed by atoms with E-state index in [2.05, 4.69) is 37.1 Å². The third-order valence-electron chi connectivity index (χ3n) is 5.47. The Bertz CT molecular complexity index is 1290. The molecule has 1 aliphatic heterocycles. The van der Waals surface area contributed by atoms with Crippen LogP contribution in [0.5, 0.6) is 5.75 Å². The van der Waals surface area contributed by atoms with Crippen LogP contribution in [0.15, 0.2) is 47.4 Å². The maximum atomic E-state index is 14.3. The molecule has 1 aromatic carbocycles. The molecule has 0 unspecified atom stereocenters. The molecule has 10 heteroatoms. The van der Waals surface area contributed by atoms with E-state index in [0.717, 1.165) is 42.7 Å². The minimum atomic E-state index is -0.753. The molecule has 0 bridgehead atoms. The summed E-state index contributed by atoms with van der Waals surface area (Å²) in [6, 6.07) is 8.91. The molecule has 0 amide bonds. The number of H-pyrrole nitrogens is 1. The van der Waals surface area contributed by atoms with E-state index in [4.69, 9.17) is 0 Å². The first-order valence-electron chi connectivity index (χ1n) is 9.87. The van der Waals surface area contributed by atoms with Gasteiger partial charge in [-0.1, -0.05) is 6.07 Å². The highest BCUT2D eigenvalue weighted by molar-refractivity contribution is 5.89. The van der Waals surface area contributed by atoms with Gasteiger partial charge in [0.2, 0.25) is 0 Å². The first-order valence-corrected chi connectivity index (χ1v) is 9.87. The number of phenolic OH excluding ortho intramolecular Hbond substituents is 1. The molecule has 5 rings (SSSR count). The van der Waals surface area contributed by atoms with Gasteiger partial charge < -0.3 is 14.9 Å². The third kappa shape index (κ3) is 3.40. The van der Waals surface area contributed by atoms with E-state index in [1.807, 2.05) is 12.1 Å². The lowest BCUT2D eigenvalue weighted by Crippen LogP contribution is -2.44. The Balaban J connectivity index is 1.55. The average Bonchev–Trinajstić information content (AvgIpc) is 3.17. The third-order valence-corrected chi connectivity index (χ3v) is 5.47. The van der Waals surface area contributed by atoms with Crippen molar-refractivity contribution in [2.45, 2.75) is 0 Å². The smallest absolute Gasteiger partial charge is 0.273 e. The van der Waals surface area contributed by atoms with Crippen molar-refractivity contribution in [3.63, 3.8) is 0 Å². The highest BCUT2D eigenvalue weighted by Crippen LogP contribution is 2.27. The highest BCUT2D eigenvalue weighted by Gasteiger charge is 2.19. The number of likely N-dealkylation sites (N-methyl/N-ethyl adjacent to an activating group) is 1. The topological polar surface area (TPSA) is 103 Å². The van der Waals surface area contributed by atoms with Gasteiger partial charge >= 0.3 is 0 Å². The lowest BCUT2D eigenvalue weighted by Gasteiger charge is -2.33. The van der Waals surface area contributed by atoms with Crippen LogP contribution in [0.2, 0.25) is 0 Å². The van der Waals surface area contributed by atoms with Crippen LogP contribution in [0.3, 0.4) is 0 Å². The standard InChI is InChI=1S/C21H20FN7O2/c1-27-7-9-28(10-8-27)17-6-5-13(12-23-17)19-20-15(24-25-19)11-18(31)29(26-20)21-14(22)3-2-4-16(21)30/h2-6,11-12,24,30H,7-10H2,1H3. The highest BCUT2D eigenvalue weighted by atomic mass is 19.1. The summed E-state index contributed by atoms with van der Waals surface area (Å²) in [6.07, 6.45) is 1.71. The summed E-state index contributed by atoms with van der Waals surface area (Å²) in [5.41, 5.74) is 1.08. The van der Waals surface area contributed by atoms with E-state index in [1.165, 1.54) is 18.2 Å². The van der Waals surface area contributed by atoms with Gasteiger partial charge in [0.25, 0.3) is 5.56 Å². The number of nitrogens with zero attached hydrogens (tertiary/aromatic N) is 6. The van der Waals surface area contributed by atoms with Gasteiger partial charge in [-0.2, -0.15) is 14.9 Å². The molecule has 0 atom stereocenters. The van der Waals surface area contributed by atoms with Crippen LogP contribution >= 0.6 is 0 Å². The summed E-state index contributed by atoms with van der Waals surface area (Å²) in [5.74, 6) is -0.243. The number of anilines is 1. The summed E-state index contributed by atoms with van der Waals surface area (Å²) in [5, 5.41) is 21.4. The van der Waals surface area contributed by atoms with E-state index < -0.39 is 11.4 Å². The number of fused-ring (bicyclic) bond motifs is 1. The van der Waals surface area contributed by atoms with Crippen molar-refractivity contribution in [1.29, 1.82) is 0 Å². The molecule has 2 N–H and O–H groups in total. The fourth-order valence-electron chi connectivity index (χ4n) is 3.71. The Morgan fingerprint density at radius 2 is 1.94 bits per heavy atom. The molecule has 0 saturated carbocycles. The second kappa shape index (κ2) is 7.47. The number of nitrogens with one attached hydrogen (secondary N) is 1. The number of halogens is 1. The Hall–Kier alpha value is -3.79. The number of aromatic nitrogens is 5. The molecule has 9 nitrogen and oxygen atoms in total. The first kappa shape index (κ1) is 19.2. The number of pyridine rings is 1. The quantitative estimate of drug-likeness (QED) is 0.520. The second-order valence-electron chi connectivity index (χ2n) is 7.53. The van der Waals surface area contributed by atoms with Crippen molar-refractivity contribution in [2.75, 3.05) is 38.1 Å². The molecule has 0 aliphatic carbocycles. The summed E-state index contributed by atoms with van der Waals surface area (Å²) in [4.78, 5) is 21.6. The predicted octanol–water partition coefficient (Wildman–Crippen LogP) is 1.77. The molecule has 31 heavy (non-hydrogen) atoms. The van der Waals surface area contributed by atoms with Gasteiger partial charge in [-0.3, -0.25) is 9.89 Å². The summed E-state index contributed by atoms with van der Waals surface area (Å²) in [7, 11) is 2.10. The van der Waals surface area contributed by atoms with Gasteiger partial charge in [-0.05, 0) is 31.3 Å². The number of aromatic amines is 1. The van der Waals surface area contributed by atoms with Crippen LogP contribution in [-0.2, 0) is 0 Å². The second-order valence-corrected chi connectivity index (χ2v) is 7.53. The van der Waals surface area contributed by atoms with E-state index >= 15 is 0 Å². The zero-order valence-electron chi connectivity index (χ0n) is 16.8. The molecule has 1 fully saturated rings. The summed E-state index contributed by atoms with van der Waals surface area (Å²) < 4.78 is 15.2. The van der Waals surface area contributed by atoms with Gasteiger partial charge in [-0.25, -0.2) is 9.37 Å². The van der Waals surface area contributed by atoms with Crippen molar-refractivity contribution in [1.82, 2.24) is 29.9 Å². The van der Waals surface area contributed by atoms with Crippen molar-refractivity contribution < 1.29 is 9.50 Å². The minimum absolute atomic E-state index is 0.301. The number of rotatable bonds is 3. The Morgan fingerprint density at radius 1 is 1.13 bits per heavy atom. The average molecular weight is 421 g/mol. The lowest BCUT2D eigenvalue weighted by atomic mass is 10.2. The van der Waals surface area contributed by atoms with Gasteiger partial charge in [0, 0.05) is 44.0 Å². The zero-order chi connectivity index (χ0) is 21.5. The maximum absolute atomic E-state index is 14.3. The number of piperazine rings is 1. The van der Waals surface area contributed by atoms with Crippen LogP contribution in [0.4, 0.5) is 10.2 Å². The number of hydrogen-bond acceptors (Lipinski definition) is 7. The van der Waals surface area contributed by atoms with Crippen LogP contribution in [0, 0.1) is 5.82 Å². The van der Waals surface area contributed by atoms with Crippen LogP contribution < -0.4 is 10.5 Å². The molecular formula is C21H20FN7O2. The molecular weight excluding hydrogens is 401 g/mol. The number of phenols is 1. The van der Waals surface area contributed by atoms with Crippen LogP contribution in [0.25, 0.3) is 28.0 Å². The van der Waals surface area contributed by atoms with Gasteiger partial charge in [-0.15, -0.1) is 0 Å². The number of hydrogen-bond donors (Lipinski definition) is 2. The van der Waals surface area contributed by atoms with Gasteiger partial charge in [0.05, 0.1) is 5.52 Å².